The molecule has 74 valence electrons. The predicted octanol–water partition coefficient (Wildman–Crippen LogP) is 2.64. The lowest BCUT2D eigenvalue weighted by atomic mass is 10.2. The number of hydrogen-bond acceptors (Lipinski definition) is 1. The Bertz CT molecular complexity index is 121. The van der Waals surface area contributed by atoms with E-state index in [-0.39, 0.29) is 12.4 Å². The van der Waals surface area contributed by atoms with E-state index in [4.69, 9.17) is 0 Å². The second-order valence-corrected chi connectivity index (χ2v) is 3.52. The molecular formula is C9H19ClFN. The van der Waals surface area contributed by atoms with Gasteiger partial charge in [0.25, 0.3) is 0 Å². The third-order valence-corrected chi connectivity index (χ3v) is 2.49. The minimum absolute atomic E-state index is 0. The Hall–Kier alpha value is 0.180. The number of nitrogens with zero attached hydrogens (tertiary/aromatic N) is 1. The summed E-state index contributed by atoms with van der Waals surface area (Å²) in [4.78, 5) is 2.26. The summed E-state index contributed by atoms with van der Waals surface area (Å²) < 4.78 is 12.7. The fraction of sp³-hybridized carbons (Fsp3) is 1.00. The lowest BCUT2D eigenvalue weighted by Crippen LogP contribution is -2.30. The number of halogens is 2. The zero-order valence-corrected chi connectivity index (χ0v) is 8.74. The van der Waals surface area contributed by atoms with E-state index in [1.807, 2.05) is 0 Å². The molecule has 12 heavy (non-hydrogen) atoms. The molecule has 0 radical (unpaired) electrons. The molecule has 0 aliphatic carbocycles. The van der Waals surface area contributed by atoms with E-state index < -0.39 is 6.17 Å². The molecule has 0 N–H and O–H groups in total. The third kappa shape index (κ3) is 3.28. The van der Waals surface area contributed by atoms with Gasteiger partial charge in [-0.2, -0.15) is 0 Å². The highest BCUT2D eigenvalue weighted by Crippen LogP contribution is 2.17. The first-order valence-corrected chi connectivity index (χ1v) is 4.62. The summed E-state index contributed by atoms with van der Waals surface area (Å²) in [5, 5.41) is 0. The standard InChI is InChI=1S/C9H18FN.ClH/c1-3-4-8(2)11-6-5-9(10)7-11;/h8-9H,3-7H2,1-2H3;1H/t8?,9-;/m0./s1. The van der Waals surface area contributed by atoms with Crippen LogP contribution < -0.4 is 0 Å². The number of hydrogen-bond donors (Lipinski definition) is 0. The van der Waals surface area contributed by atoms with Crippen LogP contribution in [0, 0.1) is 0 Å². The van der Waals surface area contributed by atoms with Crippen molar-refractivity contribution in [1.82, 2.24) is 4.90 Å². The van der Waals surface area contributed by atoms with Crippen molar-refractivity contribution >= 4 is 12.4 Å². The molecule has 0 saturated carbocycles. The predicted molar refractivity (Wildman–Crippen MR) is 52.7 cm³/mol. The Balaban J connectivity index is 0.00000121. The molecule has 0 bridgehead atoms. The minimum Gasteiger partial charge on any atom is -0.298 e. The molecule has 1 unspecified atom stereocenters. The molecule has 1 heterocycles. The molecule has 1 nitrogen and oxygen atoms in total. The molecule has 2 atom stereocenters. The largest absolute Gasteiger partial charge is 0.298 e. The van der Waals surface area contributed by atoms with Gasteiger partial charge >= 0.3 is 0 Å². The van der Waals surface area contributed by atoms with E-state index in [9.17, 15) is 4.39 Å². The van der Waals surface area contributed by atoms with Gasteiger partial charge in [0, 0.05) is 19.1 Å². The summed E-state index contributed by atoms with van der Waals surface area (Å²) in [6.45, 7) is 6.00. The summed E-state index contributed by atoms with van der Waals surface area (Å²) in [7, 11) is 0. The first-order chi connectivity index (χ1) is 5.24. The molecule has 0 amide bonds. The Morgan fingerprint density at radius 1 is 1.58 bits per heavy atom. The molecule has 1 fully saturated rings. The molecule has 0 spiro atoms. The fourth-order valence-electron chi connectivity index (χ4n) is 1.74. The van der Waals surface area contributed by atoms with Gasteiger partial charge in [-0.25, -0.2) is 4.39 Å². The van der Waals surface area contributed by atoms with Gasteiger partial charge < -0.3 is 0 Å². The van der Waals surface area contributed by atoms with E-state index >= 15 is 0 Å². The van der Waals surface area contributed by atoms with Gasteiger partial charge in [0.05, 0.1) is 0 Å². The quantitative estimate of drug-likeness (QED) is 0.670. The number of alkyl halides is 1. The summed E-state index contributed by atoms with van der Waals surface area (Å²) in [5.74, 6) is 0. The second kappa shape index (κ2) is 5.76. The Morgan fingerprint density at radius 2 is 2.25 bits per heavy atom. The average Bonchev–Trinajstić information content (AvgIpc) is 2.36. The van der Waals surface area contributed by atoms with Crippen molar-refractivity contribution in [3.63, 3.8) is 0 Å². The number of likely N-dealkylation sites (tertiary alicyclic amines) is 1. The van der Waals surface area contributed by atoms with Crippen molar-refractivity contribution < 1.29 is 4.39 Å². The molecule has 1 aliphatic heterocycles. The molecule has 1 rings (SSSR count). The van der Waals surface area contributed by atoms with E-state index in [0.29, 0.717) is 12.6 Å². The monoisotopic (exact) mass is 195 g/mol. The molecule has 0 aromatic heterocycles. The van der Waals surface area contributed by atoms with Crippen LogP contribution in [0.4, 0.5) is 4.39 Å². The van der Waals surface area contributed by atoms with Crippen molar-refractivity contribution in [3.05, 3.63) is 0 Å². The molecule has 0 aromatic rings. The highest BCUT2D eigenvalue weighted by atomic mass is 35.5. The Labute approximate surface area is 80.7 Å². The smallest absolute Gasteiger partial charge is 0.114 e. The first kappa shape index (κ1) is 12.2. The van der Waals surface area contributed by atoms with Gasteiger partial charge in [0.1, 0.15) is 6.17 Å². The summed E-state index contributed by atoms with van der Waals surface area (Å²) in [6, 6.07) is 0.584. The summed E-state index contributed by atoms with van der Waals surface area (Å²) >= 11 is 0. The van der Waals surface area contributed by atoms with Crippen LogP contribution in [0.2, 0.25) is 0 Å². The van der Waals surface area contributed by atoms with Crippen LogP contribution in [0.25, 0.3) is 0 Å². The number of rotatable bonds is 3. The third-order valence-electron chi connectivity index (χ3n) is 2.49. The van der Waals surface area contributed by atoms with E-state index in [0.717, 1.165) is 13.0 Å². The maximum atomic E-state index is 12.7. The molecule has 3 heteroatoms. The summed E-state index contributed by atoms with van der Waals surface area (Å²) in [6.07, 6.45) is 2.59. The lowest BCUT2D eigenvalue weighted by Gasteiger charge is -2.22. The zero-order valence-electron chi connectivity index (χ0n) is 7.92. The maximum absolute atomic E-state index is 12.7. The van der Waals surface area contributed by atoms with Crippen molar-refractivity contribution in [2.75, 3.05) is 13.1 Å². The summed E-state index contributed by atoms with van der Waals surface area (Å²) in [5.41, 5.74) is 0. The highest BCUT2D eigenvalue weighted by Gasteiger charge is 2.24. The van der Waals surface area contributed by atoms with Gasteiger partial charge in [-0.3, -0.25) is 4.90 Å². The van der Waals surface area contributed by atoms with E-state index in [1.54, 1.807) is 0 Å². The van der Waals surface area contributed by atoms with Crippen LogP contribution in [0.1, 0.15) is 33.1 Å². The van der Waals surface area contributed by atoms with Gasteiger partial charge in [-0.15, -0.1) is 12.4 Å². The topological polar surface area (TPSA) is 3.24 Å². The highest BCUT2D eigenvalue weighted by molar-refractivity contribution is 5.85. The molecule has 0 aromatic carbocycles. The van der Waals surface area contributed by atoms with Crippen molar-refractivity contribution in [1.29, 1.82) is 0 Å². The maximum Gasteiger partial charge on any atom is 0.114 e. The van der Waals surface area contributed by atoms with E-state index in [1.165, 1.54) is 12.8 Å². The lowest BCUT2D eigenvalue weighted by molar-refractivity contribution is 0.223. The van der Waals surface area contributed by atoms with Crippen LogP contribution in [-0.2, 0) is 0 Å². The van der Waals surface area contributed by atoms with Gasteiger partial charge in [-0.1, -0.05) is 13.3 Å². The SMILES string of the molecule is CCCC(C)N1CC[C@H](F)C1.Cl. The van der Waals surface area contributed by atoms with Gasteiger partial charge in [0.2, 0.25) is 0 Å². The van der Waals surface area contributed by atoms with Crippen molar-refractivity contribution in [2.24, 2.45) is 0 Å². The zero-order chi connectivity index (χ0) is 8.27. The fourth-order valence-corrected chi connectivity index (χ4v) is 1.74. The van der Waals surface area contributed by atoms with Crippen LogP contribution in [0.15, 0.2) is 0 Å². The first-order valence-electron chi connectivity index (χ1n) is 4.62. The van der Waals surface area contributed by atoms with Crippen LogP contribution in [-0.4, -0.2) is 30.2 Å². The Kier molecular flexibility index (Phi) is 5.85. The van der Waals surface area contributed by atoms with Gasteiger partial charge in [0.15, 0.2) is 0 Å². The van der Waals surface area contributed by atoms with E-state index in [2.05, 4.69) is 18.7 Å². The van der Waals surface area contributed by atoms with Crippen molar-refractivity contribution in [2.45, 2.75) is 45.3 Å². The van der Waals surface area contributed by atoms with Crippen LogP contribution >= 0.6 is 12.4 Å². The van der Waals surface area contributed by atoms with Crippen molar-refractivity contribution in [3.8, 4) is 0 Å². The van der Waals surface area contributed by atoms with Crippen LogP contribution in [0.3, 0.4) is 0 Å². The molecule has 1 saturated heterocycles. The normalized spacial score (nSPS) is 26.8. The second-order valence-electron chi connectivity index (χ2n) is 3.52. The van der Waals surface area contributed by atoms with Crippen LogP contribution in [0.5, 0.6) is 0 Å². The van der Waals surface area contributed by atoms with Gasteiger partial charge in [-0.05, 0) is 19.8 Å². The average molecular weight is 196 g/mol. The molecule has 1 aliphatic rings. The molecular weight excluding hydrogens is 177 g/mol. The minimum atomic E-state index is -0.561. The Morgan fingerprint density at radius 3 is 2.67 bits per heavy atom.